The molecule has 1 N–H and O–H groups in total. The second-order valence-electron chi connectivity index (χ2n) is 5.96. The minimum absolute atomic E-state index is 0.245. The average Bonchev–Trinajstić information content (AvgIpc) is 2.46. The van der Waals surface area contributed by atoms with Crippen molar-refractivity contribution < 1.29 is 19.4 Å². The lowest BCUT2D eigenvalue weighted by Crippen LogP contribution is -2.23. The van der Waals surface area contributed by atoms with Gasteiger partial charge in [-0.1, -0.05) is 24.3 Å². The van der Waals surface area contributed by atoms with Gasteiger partial charge >= 0.3 is 11.9 Å². The number of esters is 1. The maximum absolute atomic E-state index is 11.9. The molecule has 2 rings (SSSR count). The van der Waals surface area contributed by atoms with Crippen LogP contribution in [0.2, 0.25) is 0 Å². The molecule has 22 heavy (non-hydrogen) atoms. The number of carboxylic acid groups (broad SMARTS) is 1. The first-order chi connectivity index (χ1) is 10.3. The Labute approximate surface area is 129 Å². The van der Waals surface area contributed by atoms with Crippen LogP contribution in [0.5, 0.6) is 0 Å². The van der Waals surface area contributed by atoms with E-state index < -0.39 is 11.6 Å². The summed E-state index contributed by atoms with van der Waals surface area (Å²) in [5, 5.41) is 8.89. The van der Waals surface area contributed by atoms with Crippen LogP contribution >= 0.6 is 0 Å². The molecule has 0 amide bonds. The molecule has 0 saturated carbocycles. The summed E-state index contributed by atoms with van der Waals surface area (Å²) in [6, 6.07) is 13.6. The third-order valence-electron chi connectivity index (χ3n) is 2.98. The molecule has 0 saturated heterocycles. The molecule has 0 fully saturated rings. The largest absolute Gasteiger partial charge is 0.478 e. The van der Waals surface area contributed by atoms with E-state index in [9.17, 15) is 9.59 Å². The molecule has 2 aromatic carbocycles. The monoisotopic (exact) mass is 298 g/mol. The van der Waals surface area contributed by atoms with Gasteiger partial charge in [-0.15, -0.1) is 0 Å². The van der Waals surface area contributed by atoms with Crippen molar-refractivity contribution in [1.82, 2.24) is 0 Å². The number of ether oxygens (including phenoxy) is 1. The van der Waals surface area contributed by atoms with Crippen LogP contribution in [0, 0.1) is 0 Å². The van der Waals surface area contributed by atoms with E-state index in [0.717, 1.165) is 11.1 Å². The molecule has 0 aliphatic carbocycles. The minimum Gasteiger partial charge on any atom is -0.478 e. The summed E-state index contributed by atoms with van der Waals surface area (Å²) in [6.07, 6.45) is 0. The van der Waals surface area contributed by atoms with Crippen LogP contribution in [-0.4, -0.2) is 22.6 Å². The summed E-state index contributed by atoms with van der Waals surface area (Å²) >= 11 is 0. The smallest absolute Gasteiger partial charge is 0.338 e. The molecule has 114 valence electrons. The molecule has 4 nitrogen and oxygen atoms in total. The summed E-state index contributed by atoms with van der Waals surface area (Å²) in [6.45, 7) is 5.47. The Balaban J connectivity index is 2.18. The number of hydrogen-bond donors (Lipinski definition) is 1. The molecule has 0 bridgehead atoms. The number of rotatable bonds is 3. The fourth-order valence-electron chi connectivity index (χ4n) is 1.94. The topological polar surface area (TPSA) is 63.6 Å². The maximum atomic E-state index is 11.9. The van der Waals surface area contributed by atoms with Gasteiger partial charge in [0.1, 0.15) is 5.60 Å². The maximum Gasteiger partial charge on any atom is 0.338 e. The summed E-state index contributed by atoms with van der Waals surface area (Å²) in [5.41, 5.74) is 2.00. The van der Waals surface area contributed by atoms with Gasteiger partial charge in [0, 0.05) is 0 Å². The van der Waals surface area contributed by atoms with Crippen molar-refractivity contribution in [3.8, 4) is 11.1 Å². The van der Waals surface area contributed by atoms with E-state index in [2.05, 4.69) is 0 Å². The molecule has 0 aromatic heterocycles. The van der Waals surface area contributed by atoms with Crippen molar-refractivity contribution in [3.63, 3.8) is 0 Å². The third-order valence-corrected chi connectivity index (χ3v) is 2.98. The van der Waals surface area contributed by atoms with E-state index in [1.165, 1.54) is 0 Å². The van der Waals surface area contributed by atoms with Crippen LogP contribution in [0.3, 0.4) is 0 Å². The normalized spacial score (nSPS) is 11.0. The molecular formula is C18H18O4. The van der Waals surface area contributed by atoms with Crippen LogP contribution in [0.4, 0.5) is 0 Å². The van der Waals surface area contributed by atoms with Crippen molar-refractivity contribution in [2.75, 3.05) is 0 Å². The summed E-state index contributed by atoms with van der Waals surface area (Å²) in [5.74, 6) is -1.31. The van der Waals surface area contributed by atoms with Gasteiger partial charge < -0.3 is 9.84 Å². The Morgan fingerprint density at radius 3 is 1.59 bits per heavy atom. The third kappa shape index (κ3) is 3.95. The van der Waals surface area contributed by atoms with Gasteiger partial charge in [-0.2, -0.15) is 0 Å². The highest BCUT2D eigenvalue weighted by Gasteiger charge is 2.17. The number of benzene rings is 2. The van der Waals surface area contributed by atoms with Crippen LogP contribution in [0.25, 0.3) is 11.1 Å². The summed E-state index contributed by atoms with van der Waals surface area (Å²) < 4.78 is 5.31. The molecule has 4 heteroatoms. The molecule has 0 unspecified atom stereocenters. The second-order valence-corrected chi connectivity index (χ2v) is 5.96. The molecule has 0 atom stereocenters. The number of carbonyl (C=O) groups is 2. The van der Waals surface area contributed by atoms with Crippen LogP contribution in [-0.2, 0) is 4.74 Å². The summed E-state index contributed by atoms with van der Waals surface area (Å²) in [7, 11) is 0. The predicted molar refractivity (Wildman–Crippen MR) is 84.0 cm³/mol. The quantitative estimate of drug-likeness (QED) is 0.870. The second kappa shape index (κ2) is 6.02. The zero-order valence-electron chi connectivity index (χ0n) is 12.8. The van der Waals surface area contributed by atoms with Crippen LogP contribution in [0.15, 0.2) is 48.5 Å². The van der Waals surface area contributed by atoms with Crippen molar-refractivity contribution in [3.05, 3.63) is 59.7 Å². The number of carboxylic acids is 1. The number of carbonyl (C=O) groups excluding carboxylic acids is 1. The fraction of sp³-hybridized carbons (Fsp3) is 0.222. The number of hydrogen-bond acceptors (Lipinski definition) is 3. The molecule has 0 radical (unpaired) electrons. The molecule has 0 aliphatic heterocycles. The van der Waals surface area contributed by atoms with Gasteiger partial charge in [0.05, 0.1) is 11.1 Å². The predicted octanol–water partition coefficient (Wildman–Crippen LogP) is 4.01. The first-order valence-electron chi connectivity index (χ1n) is 6.93. The van der Waals surface area contributed by atoms with E-state index in [1.807, 2.05) is 32.9 Å². The van der Waals surface area contributed by atoms with Gasteiger partial charge in [-0.25, -0.2) is 9.59 Å². The Bertz CT molecular complexity index is 677. The molecule has 0 heterocycles. The Morgan fingerprint density at radius 2 is 1.23 bits per heavy atom. The lowest BCUT2D eigenvalue weighted by molar-refractivity contribution is 0.00693. The van der Waals surface area contributed by atoms with Crippen molar-refractivity contribution in [2.45, 2.75) is 26.4 Å². The van der Waals surface area contributed by atoms with Gasteiger partial charge in [-0.05, 0) is 56.2 Å². The fourth-order valence-corrected chi connectivity index (χ4v) is 1.94. The lowest BCUT2D eigenvalue weighted by atomic mass is 10.0. The zero-order valence-corrected chi connectivity index (χ0v) is 12.8. The molecule has 0 spiro atoms. The van der Waals surface area contributed by atoms with Gasteiger partial charge in [0.15, 0.2) is 0 Å². The average molecular weight is 298 g/mol. The molecule has 2 aromatic rings. The van der Waals surface area contributed by atoms with Crippen molar-refractivity contribution in [2.24, 2.45) is 0 Å². The van der Waals surface area contributed by atoms with Crippen LogP contribution in [0.1, 0.15) is 41.5 Å². The standard InChI is InChI=1S/C18H18O4/c1-18(2,3)22-17(21)15-10-6-13(7-11-15)12-4-8-14(9-5-12)16(19)20/h4-11H,1-3H3,(H,19,20). The lowest BCUT2D eigenvalue weighted by Gasteiger charge is -2.19. The van der Waals surface area contributed by atoms with E-state index >= 15 is 0 Å². The SMILES string of the molecule is CC(C)(C)OC(=O)c1ccc(-c2ccc(C(=O)O)cc2)cc1. The first kappa shape index (κ1) is 15.8. The van der Waals surface area contributed by atoms with E-state index in [-0.39, 0.29) is 11.5 Å². The van der Waals surface area contributed by atoms with Gasteiger partial charge in [-0.3, -0.25) is 0 Å². The van der Waals surface area contributed by atoms with Gasteiger partial charge in [0.2, 0.25) is 0 Å². The van der Waals surface area contributed by atoms with Gasteiger partial charge in [0.25, 0.3) is 0 Å². The first-order valence-corrected chi connectivity index (χ1v) is 6.93. The highest BCUT2D eigenvalue weighted by molar-refractivity contribution is 5.90. The molecular weight excluding hydrogens is 280 g/mol. The minimum atomic E-state index is -0.952. The highest BCUT2D eigenvalue weighted by atomic mass is 16.6. The summed E-state index contributed by atoms with van der Waals surface area (Å²) in [4.78, 5) is 22.8. The van der Waals surface area contributed by atoms with Crippen molar-refractivity contribution in [1.29, 1.82) is 0 Å². The molecule has 0 aliphatic rings. The Kier molecular flexibility index (Phi) is 4.31. The van der Waals surface area contributed by atoms with E-state index in [0.29, 0.717) is 5.56 Å². The van der Waals surface area contributed by atoms with Crippen molar-refractivity contribution >= 4 is 11.9 Å². The zero-order chi connectivity index (χ0) is 16.3. The van der Waals surface area contributed by atoms with Crippen LogP contribution < -0.4 is 0 Å². The van der Waals surface area contributed by atoms with E-state index in [4.69, 9.17) is 9.84 Å². The highest BCUT2D eigenvalue weighted by Crippen LogP contribution is 2.21. The number of aromatic carboxylic acids is 1. The Morgan fingerprint density at radius 1 is 0.818 bits per heavy atom. The Hall–Kier alpha value is -2.62. The van der Waals surface area contributed by atoms with E-state index in [1.54, 1.807) is 36.4 Å².